The van der Waals surface area contributed by atoms with Gasteiger partial charge in [-0.3, -0.25) is 4.79 Å². The van der Waals surface area contributed by atoms with Crippen molar-refractivity contribution in [1.82, 2.24) is 0 Å². The Balaban J connectivity index is 2.60. The van der Waals surface area contributed by atoms with Gasteiger partial charge in [0.1, 0.15) is 12.4 Å². The fraction of sp³-hybridized carbons (Fsp3) is 0.417. The fourth-order valence-corrected chi connectivity index (χ4v) is 1.20. The second-order valence-corrected chi connectivity index (χ2v) is 3.30. The SMILES string of the molecule is COC(COc1cccc(C(C)=O)c1)OC. The predicted molar refractivity (Wildman–Crippen MR) is 59.7 cm³/mol. The van der Waals surface area contributed by atoms with E-state index in [0.29, 0.717) is 11.3 Å². The summed E-state index contributed by atoms with van der Waals surface area (Å²) in [4.78, 5) is 11.1. The van der Waals surface area contributed by atoms with Crippen molar-refractivity contribution in [3.05, 3.63) is 29.8 Å². The summed E-state index contributed by atoms with van der Waals surface area (Å²) in [5, 5.41) is 0. The highest BCUT2D eigenvalue weighted by Gasteiger charge is 2.06. The van der Waals surface area contributed by atoms with Crippen molar-refractivity contribution in [2.24, 2.45) is 0 Å². The molecule has 0 aromatic heterocycles. The number of ketones is 1. The van der Waals surface area contributed by atoms with E-state index in [-0.39, 0.29) is 12.4 Å². The summed E-state index contributed by atoms with van der Waals surface area (Å²) >= 11 is 0. The quantitative estimate of drug-likeness (QED) is 0.546. The first-order valence-corrected chi connectivity index (χ1v) is 4.96. The standard InChI is InChI=1S/C12H16O4/c1-9(13)10-5-4-6-11(7-10)16-8-12(14-2)15-3/h4-7,12H,8H2,1-3H3. The van der Waals surface area contributed by atoms with Gasteiger partial charge in [-0.15, -0.1) is 0 Å². The number of Topliss-reactive ketones (excluding diaryl/α,β-unsaturated/α-hetero) is 1. The van der Waals surface area contributed by atoms with Crippen molar-refractivity contribution in [1.29, 1.82) is 0 Å². The largest absolute Gasteiger partial charge is 0.488 e. The molecule has 0 N–H and O–H groups in total. The lowest BCUT2D eigenvalue weighted by Crippen LogP contribution is -2.22. The first kappa shape index (κ1) is 12.7. The minimum absolute atomic E-state index is 0.0143. The van der Waals surface area contributed by atoms with E-state index in [0.717, 1.165) is 0 Å². The average molecular weight is 224 g/mol. The van der Waals surface area contributed by atoms with Crippen LogP contribution in [-0.2, 0) is 9.47 Å². The van der Waals surface area contributed by atoms with Crippen LogP contribution in [0.5, 0.6) is 5.75 Å². The zero-order chi connectivity index (χ0) is 12.0. The molecule has 0 fully saturated rings. The van der Waals surface area contributed by atoms with Crippen molar-refractivity contribution in [3.8, 4) is 5.75 Å². The second-order valence-electron chi connectivity index (χ2n) is 3.30. The zero-order valence-electron chi connectivity index (χ0n) is 9.73. The number of carbonyl (C=O) groups is 1. The first-order chi connectivity index (χ1) is 7.67. The highest BCUT2D eigenvalue weighted by Crippen LogP contribution is 2.14. The van der Waals surface area contributed by atoms with Crippen molar-refractivity contribution >= 4 is 5.78 Å². The lowest BCUT2D eigenvalue weighted by Gasteiger charge is -2.14. The van der Waals surface area contributed by atoms with Crippen molar-refractivity contribution in [2.45, 2.75) is 13.2 Å². The molecule has 0 radical (unpaired) electrons. The Morgan fingerprint density at radius 3 is 2.56 bits per heavy atom. The number of methoxy groups -OCH3 is 2. The van der Waals surface area contributed by atoms with E-state index in [9.17, 15) is 4.79 Å². The van der Waals surface area contributed by atoms with Crippen molar-refractivity contribution in [2.75, 3.05) is 20.8 Å². The van der Waals surface area contributed by atoms with Crippen molar-refractivity contribution in [3.63, 3.8) is 0 Å². The van der Waals surface area contributed by atoms with Gasteiger partial charge >= 0.3 is 0 Å². The highest BCUT2D eigenvalue weighted by molar-refractivity contribution is 5.94. The van der Waals surface area contributed by atoms with Crippen LogP contribution in [0.25, 0.3) is 0 Å². The third kappa shape index (κ3) is 3.64. The van der Waals surface area contributed by atoms with Gasteiger partial charge < -0.3 is 14.2 Å². The van der Waals surface area contributed by atoms with Crippen LogP contribution in [0.1, 0.15) is 17.3 Å². The molecule has 88 valence electrons. The molecule has 0 saturated heterocycles. The topological polar surface area (TPSA) is 44.8 Å². The minimum Gasteiger partial charge on any atom is -0.488 e. The molecule has 0 unspecified atom stereocenters. The number of hydrogen-bond donors (Lipinski definition) is 0. The summed E-state index contributed by atoms with van der Waals surface area (Å²) in [7, 11) is 3.09. The van der Waals surface area contributed by atoms with E-state index in [2.05, 4.69) is 0 Å². The van der Waals surface area contributed by atoms with Crippen LogP contribution in [0, 0.1) is 0 Å². The Labute approximate surface area is 95.1 Å². The third-order valence-electron chi connectivity index (χ3n) is 2.15. The monoisotopic (exact) mass is 224 g/mol. The molecule has 1 aromatic rings. The van der Waals surface area contributed by atoms with Crippen molar-refractivity contribution < 1.29 is 19.0 Å². The highest BCUT2D eigenvalue weighted by atomic mass is 16.7. The smallest absolute Gasteiger partial charge is 0.191 e. The van der Waals surface area contributed by atoms with Gasteiger partial charge in [-0.25, -0.2) is 0 Å². The molecule has 4 heteroatoms. The van der Waals surface area contributed by atoms with Gasteiger partial charge in [-0.05, 0) is 19.1 Å². The maximum absolute atomic E-state index is 11.1. The third-order valence-corrected chi connectivity index (χ3v) is 2.15. The number of rotatable bonds is 6. The van der Waals surface area contributed by atoms with E-state index < -0.39 is 6.29 Å². The van der Waals surface area contributed by atoms with E-state index in [1.165, 1.54) is 6.92 Å². The Hall–Kier alpha value is -1.39. The Bertz CT molecular complexity index is 345. The lowest BCUT2D eigenvalue weighted by atomic mass is 10.1. The molecular formula is C12H16O4. The molecular weight excluding hydrogens is 208 g/mol. The molecule has 0 amide bonds. The minimum atomic E-state index is -0.402. The summed E-state index contributed by atoms with van der Waals surface area (Å²) in [6, 6.07) is 7.01. The van der Waals surface area contributed by atoms with Gasteiger partial charge in [-0.1, -0.05) is 12.1 Å². The summed E-state index contributed by atoms with van der Waals surface area (Å²) in [5.74, 6) is 0.646. The molecule has 1 aromatic carbocycles. The summed E-state index contributed by atoms with van der Waals surface area (Å²) < 4.78 is 15.4. The van der Waals surface area contributed by atoms with Crippen LogP contribution in [0.4, 0.5) is 0 Å². The second kappa shape index (κ2) is 6.25. The van der Waals surface area contributed by atoms with Gasteiger partial charge in [0.15, 0.2) is 12.1 Å². The van der Waals surface area contributed by atoms with Gasteiger partial charge in [0.2, 0.25) is 0 Å². The van der Waals surface area contributed by atoms with Gasteiger partial charge in [0.25, 0.3) is 0 Å². The van der Waals surface area contributed by atoms with Crippen LogP contribution in [0.15, 0.2) is 24.3 Å². The normalized spacial score (nSPS) is 10.5. The van der Waals surface area contributed by atoms with E-state index in [1.54, 1.807) is 38.5 Å². The van der Waals surface area contributed by atoms with E-state index in [1.807, 2.05) is 0 Å². The van der Waals surface area contributed by atoms with E-state index in [4.69, 9.17) is 14.2 Å². The molecule has 1 rings (SSSR count). The molecule has 0 aliphatic rings. The maximum atomic E-state index is 11.1. The zero-order valence-corrected chi connectivity index (χ0v) is 9.73. The van der Waals surface area contributed by atoms with Crippen LogP contribution in [-0.4, -0.2) is 32.9 Å². The lowest BCUT2D eigenvalue weighted by molar-refractivity contribution is -0.121. The van der Waals surface area contributed by atoms with Crippen LogP contribution in [0.3, 0.4) is 0 Å². The molecule has 0 saturated carbocycles. The Kier molecular flexibility index (Phi) is 4.95. The summed E-state index contributed by atoms with van der Waals surface area (Å²) in [6.45, 7) is 1.81. The Morgan fingerprint density at radius 2 is 2.00 bits per heavy atom. The average Bonchev–Trinajstić information content (AvgIpc) is 2.31. The molecule has 16 heavy (non-hydrogen) atoms. The number of ether oxygens (including phenoxy) is 3. The van der Waals surface area contributed by atoms with Crippen LogP contribution >= 0.6 is 0 Å². The summed E-state index contributed by atoms with van der Waals surface area (Å²) in [6.07, 6.45) is -0.402. The molecule has 0 atom stereocenters. The Morgan fingerprint density at radius 1 is 1.31 bits per heavy atom. The molecule has 0 bridgehead atoms. The predicted octanol–water partition coefficient (Wildman–Crippen LogP) is 1.89. The molecule has 0 heterocycles. The molecule has 0 aliphatic carbocycles. The number of carbonyl (C=O) groups excluding carboxylic acids is 1. The van der Waals surface area contributed by atoms with Gasteiger partial charge in [0.05, 0.1) is 0 Å². The number of hydrogen-bond acceptors (Lipinski definition) is 4. The fourth-order valence-electron chi connectivity index (χ4n) is 1.20. The number of benzene rings is 1. The van der Waals surface area contributed by atoms with Crippen LogP contribution in [0.2, 0.25) is 0 Å². The molecule has 0 spiro atoms. The maximum Gasteiger partial charge on any atom is 0.191 e. The first-order valence-electron chi connectivity index (χ1n) is 4.96. The van der Waals surface area contributed by atoms with Gasteiger partial charge in [-0.2, -0.15) is 0 Å². The molecule has 0 aliphatic heterocycles. The van der Waals surface area contributed by atoms with Crippen LogP contribution < -0.4 is 4.74 Å². The van der Waals surface area contributed by atoms with E-state index >= 15 is 0 Å². The van der Waals surface area contributed by atoms with Gasteiger partial charge in [0, 0.05) is 19.8 Å². The summed E-state index contributed by atoms with van der Waals surface area (Å²) in [5.41, 5.74) is 0.629. The molecule has 4 nitrogen and oxygen atoms in total.